The maximum Gasteiger partial charge on any atom is 0.160 e. The summed E-state index contributed by atoms with van der Waals surface area (Å²) < 4.78 is 7.56. The van der Waals surface area contributed by atoms with Gasteiger partial charge in [-0.05, 0) is 158 Å². The SMILES string of the molecule is c1ccc(-c2cc(-c3ccccc3)nc(-c3cccc(-c4nc(-c5ccccc5)c5c(ccc6c7ccccc7sc65)n4)c3)c2)cc1.c1ccc(-c2ccc(-c3cccc(-c4cccc(-c5nc(-c6ccccc6)c6c(ccc7sc8ccccc8c76)n5)c4)c3)cc2)cc1.c1ccc(-c2cccc(-c3cccc(-c4nc(-c5ccccc5)c5c(ccc6sc7ccccc7c65)n4)c3)c2)cc1. The number of aromatic nitrogens is 7. The van der Waals surface area contributed by atoms with Gasteiger partial charge >= 0.3 is 0 Å². The molecule has 632 valence electrons. The molecule has 7 nitrogen and oxygen atoms in total. The van der Waals surface area contributed by atoms with Crippen LogP contribution in [0, 0.1) is 0 Å². The minimum Gasteiger partial charge on any atom is -0.248 e. The van der Waals surface area contributed by atoms with Crippen molar-refractivity contribution in [3.05, 3.63) is 479 Å². The van der Waals surface area contributed by atoms with Crippen LogP contribution in [-0.2, 0) is 0 Å². The summed E-state index contributed by atoms with van der Waals surface area (Å²) in [5.74, 6) is 2.15. The third-order valence-electron chi connectivity index (χ3n) is 25.2. The fraction of sp³-hybridized carbons (Fsp3) is 0. The second-order valence-electron chi connectivity index (χ2n) is 33.7. The number of rotatable bonds is 14. The molecule has 0 fully saturated rings. The summed E-state index contributed by atoms with van der Waals surface area (Å²) in [5.41, 5.74) is 30.0. The number of benzene rings is 19. The van der Waals surface area contributed by atoms with Gasteiger partial charge in [0.2, 0.25) is 0 Å². The molecule has 10 heteroatoms. The number of fused-ring (bicyclic) bond motifs is 15. The quantitative estimate of drug-likeness (QED) is 0.107. The maximum atomic E-state index is 5.30. The van der Waals surface area contributed by atoms with Crippen LogP contribution in [0.1, 0.15) is 0 Å². The molecule has 26 aromatic rings. The zero-order valence-corrected chi connectivity index (χ0v) is 75.4. The Labute approximate surface area is 792 Å². The Kier molecular flexibility index (Phi) is 21.5. The van der Waals surface area contributed by atoms with Crippen LogP contribution in [0.5, 0.6) is 0 Å². The van der Waals surface area contributed by atoms with Crippen LogP contribution in [0.4, 0.5) is 0 Å². The molecule has 7 heterocycles. The van der Waals surface area contributed by atoms with Gasteiger partial charge in [0.1, 0.15) is 0 Å². The lowest BCUT2D eigenvalue weighted by atomic mass is 9.96. The lowest BCUT2D eigenvalue weighted by Gasteiger charge is -2.13. The molecule has 0 saturated heterocycles. The Balaban J connectivity index is 0.000000111. The number of hydrogen-bond acceptors (Lipinski definition) is 10. The largest absolute Gasteiger partial charge is 0.248 e. The number of thiophene rings is 3. The van der Waals surface area contributed by atoms with Crippen molar-refractivity contribution < 1.29 is 0 Å². The molecule has 7 aromatic heterocycles. The monoisotopic (exact) mass is 1770 g/mol. The lowest BCUT2D eigenvalue weighted by molar-refractivity contribution is 1.23. The molecular weight excluding hydrogens is 1700 g/mol. The molecule has 0 aliphatic carbocycles. The van der Waals surface area contributed by atoms with Crippen LogP contribution >= 0.6 is 34.0 Å². The van der Waals surface area contributed by atoms with Gasteiger partial charge in [0.25, 0.3) is 0 Å². The summed E-state index contributed by atoms with van der Waals surface area (Å²) in [6, 6.07) is 169. The summed E-state index contributed by atoms with van der Waals surface area (Å²) in [6.45, 7) is 0. The second-order valence-corrected chi connectivity index (χ2v) is 36.9. The van der Waals surface area contributed by atoms with Gasteiger partial charge in [-0.1, -0.05) is 388 Å². The molecule has 0 bridgehead atoms. The van der Waals surface area contributed by atoms with E-state index < -0.39 is 0 Å². The summed E-state index contributed by atoms with van der Waals surface area (Å²) in [5, 5.41) is 10.8. The minimum absolute atomic E-state index is 0.696. The number of pyridine rings is 1. The Morgan fingerprint density at radius 2 is 0.407 bits per heavy atom. The summed E-state index contributed by atoms with van der Waals surface area (Å²) in [7, 11) is 0. The van der Waals surface area contributed by atoms with Gasteiger partial charge in [-0.15, -0.1) is 34.0 Å². The zero-order chi connectivity index (χ0) is 89.5. The Morgan fingerprint density at radius 3 is 0.830 bits per heavy atom. The normalized spacial score (nSPS) is 11.4. The van der Waals surface area contributed by atoms with Gasteiger partial charge in [-0.2, -0.15) is 0 Å². The summed E-state index contributed by atoms with van der Waals surface area (Å²) in [4.78, 5) is 36.6. The van der Waals surface area contributed by atoms with Gasteiger partial charge in [0, 0.05) is 121 Å². The predicted octanol–water partition coefficient (Wildman–Crippen LogP) is 34.7. The van der Waals surface area contributed by atoms with E-state index in [4.69, 9.17) is 34.9 Å². The van der Waals surface area contributed by atoms with Crippen molar-refractivity contribution in [1.29, 1.82) is 0 Å². The van der Waals surface area contributed by atoms with Gasteiger partial charge in [0.05, 0.1) is 45.0 Å². The van der Waals surface area contributed by atoms with Gasteiger partial charge in [-0.25, -0.2) is 34.9 Å². The third kappa shape index (κ3) is 16.0. The molecule has 0 aliphatic heterocycles. The van der Waals surface area contributed by atoms with Gasteiger partial charge in [-0.3, -0.25) is 0 Å². The molecule has 19 aromatic carbocycles. The van der Waals surface area contributed by atoms with E-state index in [1.807, 2.05) is 52.2 Å². The van der Waals surface area contributed by atoms with Crippen LogP contribution in [0.2, 0.25) is 0 Å². The van der Waals surface area contributed by atoms with E-state index in [0.29, 0.717) is 5.82 Å². The molecule has 0 saturated carbocycles. The molecule has 26 rings (SSSR count). The highest BCUT2D eigenvalue weighted by Gasteiger charge is 2.24. The highest BCUT2D eigenvalue weighted by molar-refractivity contribution is 7.27. The first kappa shape index (κ1) is 81.3. The average molecular weight is 1780 g/mol. The fourth-order valence-corrected chi connectivity index (χ4v) is 22.2. The molecule has 0 unspecified atom stereocenters. The predicted molar refractivity (Wildman–Crippen MR) is 571 cm³/mol. The first-order valence-corrected chi connectivity index (χ1v) is 47.7. The summed E-state index contributed by atoms with van der Waals surface area (Å²) in [6.07, 6.45) is 0. The smallest absolute Gasteiger partial charge is 0.160 e. The van der Waals surface area contributed by atoms with E-state index in [2.05, 4.69) is 461 Å². The standard InChI is InChI=1S/C44H28N2S.C43H27N3S.C38H24N2S/c1-3-11-29(12-4-1)30-21-23-31(24-22-30)33-15-9-16-34(27-33)35-17-10-18-36(28-35)44-45-38-25-26-40-41(37-19-7-8-20-39(37)47-40)42(38)43(46-44)32-13-5-2-6-14-32;1-4-13-28(14-5-1)33-26-37(29-15-6-2-7-16-29)44-38(27-33)31-19-12-20-32(25-31)43-45-36-24-23-35-34-21-10-11-22-39(34)47-42(35)40(36)41(46-43)30-17-8-3-9-18-30;1-3-11-25(12-4-1)27-15-9-16-28(23-27)29-17-10-18-30(24-29)38-39-32-21-22-34-35(31-19-7-8-20-33(31)41-34)36(32)37(40-38)26-13-5-2-6-14-26/h1-28H;1-27H;1-24H. The van der Waals surface area contributed by atoms with Crippen LogP contribution in [0.3, 0.4) is 0 Å². The van der Waals surface area contributed by atoms with Crippen molar-refractivity contribution in [2.24, 2.45) is 0 Å². The Bertz CT molecular complexity index is 8900. The second kappa shape index (κ2) is 35.7. The van der Waals surface area contributed by atoms with E-state index in [1.165, 1.54) is 99.5 Å². The summed E-state index contributed by atoms with van der Waals surface area (Å²) >= 11 is 5.46. The Hall–Kier alpha value is -17.0. The van der Waals surface area contributed by atoms with Gasteiger partial charge in [0.15, 0.2) is 17.5 Å². The van der Waals surface area contributed by atoms with Crippen molar-refractivity contribution in [3.63, 3.8) is 0 Å². The van der Waals surface area contributed by atoms with E-state index in [1.54, 1.807) is 0 Å². The highest BCUT2D eigenvalue weighted by atomic mass is 32.1. The Morgan fingerprint density at radius 1 is 0.133 bits per heavy atom. The van der Waals surface area contributed by atoms with E-state index >= 15 is 0 Å². The molecule has 0 aliphatic rings. The zero-order valence-electron chi connectivity index (χ0n) is 73.0. The average Bonchev–Trinajstić information content (AvgIpc) is 1.64. The van der Waals surface area contributed by atoms with Crippen LogP contribution in [-0.4, -0.2) is 34.9 Å². The molecule has 0 N–H and O–H groups in total. The number of nitrogens with zero attached hydrogens (tertiary/aromatic N) is 7. The van der Waals surface area contributed by atoms with Crippen LogP contribution < -0.4 is 0 Å². The molecule has 0 radical (unpaired) electrons. The van der Waals surface area contributed by atoms with Gasteiger partial charge < -0.3 is 0 Å². The first-order valence-electron chi connectivity index (χ1n) is 45.3. The van der Waals surface area contributed by atoms with E-state index in [0.717, 1.165) is 145 Å². The molecule has 0 spiro atoms. The lowest BCUT2D eigenvalue weighted by Crippen LogP contribution is -1.96. The van der Waals surface area contributed by atoms with E-state index in [-0.39, 0.29) is 0 Å². The van der Waals surface area contributed by atoms with Crippen molar-refractivity contribution in [2.45, 2.75) is 0 Å². The van der Waals surface area contributed by atoms with Crippen molar-refractivity contribution in [2.75, 3.05) is 0 Å². The highest BCUT2D eigenvalue weighted by Crippen LogP contribution is 2.48. The minimum atomic E-state index is 0.696. The fourth-order valence-electron chi connectivity index (χ4n) is 18.7. The molecule has 0 atom stereocenters. The first-order chi connectivity index (χ1) is 66.9. The molecule has 0 amide bonds. The van der Waals surface area contributed by atoms with Crippen molar-refractivity contribution >= 4 is 127 Å². The van der Waals surface area contributed by atoms with Crippen LogP contribution in [0.15, 0.2) is 479 Å². The van der Waals surface area contributed by atoms with Crippen LogP contribution in [0.25, 0.3) is 250 Å². The third-order valence-corrected chi connectivity index (χ3v) is 28.7. The van der Waals surface area contributed by atoms with Crippen molar-refractivity contribution in [3.8, 4) is 157 Å². The molecular formula is C125H79N7S3. The topological polar surface area (TPSA) is 90.2 Å². The maximum absolute atomic E-state index is 5.30. The van der Waals surface area contributed by atoms with E-state index in [9.17, 15) is 0 Å². The molecule has 135 heavy (non-hydrogen) atoms. The van der Waals surface area contributed by atoms with Crippen molar-refractivity contribution in [1.82, 2.24) is 34.9 Å². The number of hydrogen-bond donors (Lipinski definition) is 0.